The Hall–Kier alpha value is -1.76. The van der Waals surface area contributed by atoms with Gasteiger partial charge in [-0.25, -0.2) is 0 Å². The highest BCUT2D eigenvalue weighted by atomic mass is 35.5. The van der Waals surface area contributed by atoms with Gasteiger partial charge in [0.05, 0.1) is 18.2 Å². The first-order valence-electron chi connectivity index (χ1n) is 7.99. The van der Waals surface area contributed by atoms with E-state index in [4.69, 9.17) is 9.47 Å². The van der Waals surface area contributed by atoms with Gasteiger partial charge in [0.2, 0.25) is 0 Å². The number of alkyl halides is 3. The first kappa shape index (κ1) is 22.3. The van der Waals surface area contributed by atoms with Crippen molar-refractivity contribution in [1.82, 2.24) is 5.32 Å². The lowest BCUT2D eigenvalue weighted by atomic mass is 10.1. The van der Waals surface area contributed by atoms with Gasteiger partial charge in [-0.1, -0.05) is 30.3 Å². The van der Waals surface area contributed by atoms with E-state index in [1.54, 1.807) is 20.1 Å². The molecule has 0 heterocycles. The van der Waals surface area contributed by atoms with E-state index in [2.05, 4.69) is 5.32 Å². The fraction of sp³-hybridized carbons (Fsp3) is 0.368. The van der Waals surface area contributed by atoms with Crippen LogP contribution in [0.5, 0.6) is 5.75 Å². The molecule has 1 unspecified atom stereocenters. The monoisotopic (exact) mass is 389 g/mol. The van der Waals surface area contributed by atoms with E-state index in [-0.39, 0.29) is 30.8 Å². The van der Waals surface area contributed by atoms with Gasteiger partial charge in [-0.05, 0) is 36.2 Å². The minimum absolute atomic E-state index is 0. The summed E-state index contributed by atoms with van der Waals surface area (Å²) in [6.45, 7) is 2.98. The molecule has 144 valence electrons. The van der Waals surface area contributed by atoms with Gasteiger partial charge in [-0.3, -0.25) is 0 Å². The molecule has 1 N–H and O–H groups in total. The van der Waals surface area contributed by atoms with Crippen LogP contribution in [0, 0.1) is 6.92 Å². The van der Waals surface area contributed by atoms with Crippen LogP contribution in [0.1, 0.15) is 22.7 Å². The lowest BCUT2D eigenvalue weighted by Gasteiger charge is -2.20. The van der Waals surface area contributed by atoms with Gasteiger partial charge in [0.1, 0.15) is 12.4 Å². The number of halogens is 4. The van der Waals surface area contributed by atoms with E-state index in [1.807, 2.05) is 30.3 Å². The first-order chi connectivity index (χ1) is 11.9. The Morgan fingerprint density at radius 3 is 2.38 bits per heavy atom. The van der Waals surface area contributed by atoms with Crippen molar-refractivity contribution in [3.8, 4) is 5.75 Å². The summed E-state index contributed by atoms with van der Waals surface area (Å²) in [4.78, 5) is 0. The fourth-order valence-corrected chi connectivity index (χ4v) is 2.47. The second-order valence-corrected chi connectivity index (χ2v) is 5.75. The Morgan fingerprint density at radius 2 is 1.77 bits per heavy atom. The summed E-state index contributed by atoms with van der Waals surface area (Å²) >= 11 is 0. The number of methoxy groups -OCH3 is 1. The quantitative estimate of drug-likeness (QED) is 0.658. The zero-order valence-corrected chi connectivity index (χ0v) is 15.5. The summed E-state index contributed by atoms with van der Waals surface area (Å²) < 4.78 is 49.5. The van der Waals surface area contributed by atoms with Gasteiger partial charge < -0.3 is 14.8 Å². The molecule has 2 aromatic rings. The van der Waals surface area contributed by atoms with Crippen molar-refractivity contribution in [2.45, 2.75) is 19.1 Å². The molecular formula is C19H23ClF3NO2. The van der Waals surface area contributed by atoms with Gasteiger partial charge >= 0.3 is 6.18 Å². The fourth-order valence-electron chi connectivity index (χ4n) is 2.47. The topological polar surface area (TPSA) is 30.5 Å². The molecule has 0 bridgehead atoms. The predicted molar refractivity (Wildman–Crippen MR) is 98.0 cm³/mol. The Balaban J connectivity index is 0.00000338. The van der Waals surface area contributed by atoms with Crippen molar-refractivity contribution in [1.29, 1.82) is 0 Å². The summed E-state index contributed by atoms with van der Waals surface area (Å²) in [7, 11) is 1.61. The van der Waals surface area contributed by atoms with Crippen molar-refractivity contribution < 1.29 is 22.6 Å². The number of nitrogens with one attached hydrogen (secondary N) is 1. The molecule has 0 aliphatic rings. The molecule has 0 aliphatic carbocycles. The molecule has 0 fully saturated rings. The molecule has 0 spiro atoms. The second kappa shape index (κ2) is 10.4. The van der Waals surface area contributed by atoms with E-state index in [0.29, 0.717) is 18.7 Å². The van der Waals surface area contributed by atoms with Gasteiger partial charge in [0, 0.05) is 13.7 Å². The Labute approximate surface area is 157 Å². The minimum atomic E-state index is -4.39. The van der Waals surface area contributed by atoms with Crippen molar-refractivity contribution >= 4 is 12.4 Å². The summed E-state index contributed by atoms with van der Waals surface area (Å²) in [5.74, 6) is 0.210. The summed E-state index contributed by atoms with van der Waals surface area (Å²) in [5, 5.41) is 3.29. The molecule has 2 aromatic carbocycles. The average molecular weight is 390 g/mol. The Kier molecular flexibility index (Phi) is 8.92. The normalized spacial score (nSPS) is 12.3. The van der Waals surface area contributed by atoms with Crippen LogP contribution >= 0.6 is 12.4 Å². The van der Waals surface area contributed by atoms with Crippen LogP contribution in [-0.4, -0.2) is 26.9 Å². The van der Waals surface area contributed by atoms with Crippen molar-refractivity contribution in [3.05, 3.63) is 65.2 Å². The van der Waals surface area contributed by atoms with Crippen LogP contribution in [0.25, 0.3) is 0 Å². The molecule has 0 amide bonds. The SMILES string of the molecule is COCCNC(COc1cc(C)cc(C(F)(F)F)c1)c1ccccc1.Cl. The van der Waals surface area contributed by atoms with Gasteiger partial charge in [-0.15, -0.1) is 12.4 Å². The third-order valence-corrected chi connectivity index (χ3v) is 3.69. The van der Waals surface area contributed by atoms with Gasteiger partial charge in [-0.2, -0.15) is 13.2 Å². The maximum atomic E-state index is 12.9. The smallest absolute Gasteiger partial charge is 0.416 e. The van der Waals surface area contributed by atoms with Crippen molar-refractivity contribution in [3.63, 3.8) is 0 Å². The second-order valence-electron chi connectivity index (χ2n) is 5.75. The molecule has 0 saturated carbocycles. The standard InChI is InChI=1S/C19H22F3NO2.ClH/c1-14-10-16(19(20,21)22)12-17(11-14)25-13-18(23-8-9-24-2)15-6-4-3-5-7-15;/h3-7,10-12,18,23H,8-9,13H2,1-2H3;1H. The van der Waals surface area contributed by atoms with Crippen molar-refractivity contribution in [2.75, 3.05) is 26.9 Å². The maximum Gasteiger partial charge on any atom is 0.416 e. The molecule has 0 aliphatic heterocycles. The molecule has 1 atom stereocenters. The van der Waals surface area contributed by atoms with Crippen LogP contribution < -0.4 is 10.1 Å². The van der Waals surface area contributed by atoms with E-state index in [1.165, 1.54) is 0 Å². The number of hydrogen-bond donors (Lipinski definition) is 1. The van der Waals surface area contributed by atoms with Crippen LogP contribution in [-0.2, 0) is 10.9 Å². The highest BCUT2D eigenvalue weighted by Crippen LogP contribution is 2.32. The molecular weight excluding hydrogens is 367 g/mol. The molecule has 0 saturated heterocycles. The largest absolute Gasteiger partial charge is 0.492 e. The zero-order chi connectivity index (χ0) is 18.3. The highest BCUT2D eigenvalue weighted by molar-refractivity contribution is 5.85. The Bertz CT molecular complexity index is 666. The van der Waals surface area contributed by atoms with Crippen LogP contribution in [0.3, 0.4) is 0 Å². The molecule has 3 nitrogen and oxygen atoms in total. The van der Waals surface area contributed by atoms with E-state index in [0.717, 1.165) is 17.7 Å². The van der Waals surface area contributed by atoms with Crippen LogP contribution in [0.15, 0.2) is 48.5 Å². The number of rotatable bonds is 8. The third-order valence-electron chi connectivity index (χ3n) is 3.69. The lowest BCUT2D eigenvalue weighted by Crippen LogP contribution is -2.29. The summed E-state index contributed by atoms with van der Waals surface area (Å²) in [6.07, 6.45) is -4.39. The van der Waals surface area contributed by atoms with E-state index < -0.39 is 11.7 Å². The average Bonchev–Trinajstić information content (AvgIpc) is 2.57. The predicted octanol–water partition coefficient (Wildman–Crippen LogP) is 4.79. The van der Waals surface area contributed by atoms with Gasteiger partial charge in [0.15, 0.2) is 0 Å². The third kappa shape index (κ3) is 6.86. The minimum Gasteiger partial charge on any atom is -0.492 e. The lowest BCUT2D eigenvalue weighted by molar-refractivity contribution is -0.137. The van der Waals surface area contributed by atoms with Crippen LogP contribution in [0.2, 0.25) is 0 Å². The number of ether oxygens (including phenoxy) is 2. The maximum absolute atomic E-state index is 12.9. The summed E-state index contributed by atoms with van der Waals surface area (Å²) in [6, 6.07) is 13.2. The summed E-state index contributed by atoms with van der Waals surface area (Å²) in [5.41, 5.74) is 0.807. The molecule has 0 aromatic heterocycles. The molecule has 2 rings (SSSR count). The van der Waals surface area contributed by atoms with Gasteiger partial charge in [0.25, 0.3) is 0 Å². The molecule has 7 heteroatoms. The Morgan fingerprint density at radius 1 is 1.08 bits per heavy atom. The van der Waals surface area contributed by atoms with E-state index in [9.17, 15) is 13.2 Å². The first-order valence-corrected chi connectivity index (χ1v) is 7.99. The van der Waals surface area contributed by atoms with Crippen LogP contribution in [0.4, 0.5) is 13.2 Å². The number of aryl methyl sites for hydroxylation is 1. The van der Waals surface area contributed by atoms with E-state index >= 15 is 0 Å². The number of hydrogen-bond acceptors (Lipinski definition) is 3. The van der Waals surface area contributed by atoms with Crippen molar-refractivity contribution in [2.24, 2.45) is 0 Å². The zero-order valence-electron chi connectivity index (χ0n) is 14.7. The molecule has 26 heavy (non-hydrogen) atoms. The number of benzene rings is 2. The molecule has 0 radical (unpaired) electrons. The highest BCUT2D eigenvalue weighted by Gasteiger charge is 2.31.